The number of hydrogen-bond acceptors (Lipinski definition) is 3. The molecule has 7 heteroatoms. The second-order valence-corrected chi connectivity index (χ2v) is 7.24. The number of nitrogens with zero attached hydrogens (tertiary/aromatic N) is 3. The lowest BCUT2D eigenvalue weighted by Gasteiger charge is -2.32. The van der Waals surface area contributed by atoms with Gasteiger partial charge in [-0.15, -0.1) is 0 Å². The summed E-state index contributed by atoms with van der Waals surface area (Å²) >= 11 is 0. The second-order valence-electron chi connectivity index (χ2n) is 7.24. The van der Waals surface area contributed by atoms with Crippen LogP contribution in [0.3, 0.4) is 0 Å². The van der Waals surface area contributed by atoms with Gasteiger partial charge >= 0.3 is 6.18 Å². The highest BCUT2D eigenvalue weighted by Gasteiger charge is 2.33. The van der Waals surface area contributed by atoms with E-state index in [9.17, 15) is 18.0 Å². The van der Waals surface area contributed by atoms with Crippen molar-refractivity contribution in [3.8, 4) is 11.1 Å². The van der Waals surface area contributed by atoms with Crippen molar-refractivity contribution in [2.75, 3.05) is 33.2 Å². The lowest BCUT2D eigenvalue weighted by molar-refractivity contribution is -0.137. The first-order valence-electron chi connectivity index (χ1n) is 9.15. The van der Waals surface area contributed by atoms with Crippen LogP contribution in [0.5, 0.6) is 0 Å². The molecule has 2 heterocycles. The maximum atomic E-state index is 13.3. The molecular formula is C21H20F3N3O. The predicted octanol–water partition coefficient (Wildman–Crippen LogP) is 3.69. The topological polar surface area (TPSA) is 35.9 Å². The molecule has 0 spiro atoms. The maximum Gasteiger partial charge on any atom is 0.416 e. The highest BCUT2D eigenvalue weighted by molar-refractivity contribution is 5.98. The van der Waals surface area contributed by atoms with Crippen LogP contribution >= 0.6 is 0 Å². The summed E-state index contributed by atoms with van der Waals surface area (Å²) in [6.07, 6.45) is -2.82. The summed E-state index contributed by atoms with van der Waals surface area (Å²) in [5.74, 6) is -0.0905. The molecule has 0 aromatic heterocycles. The van der Waals surface area contributed by atoms with Crippen LogP contribution < -0.4 is 0 Å². The largest absolute Gasteiger partial charge is 0.416 e. The standard InChI is InChI=1S/C21H20F3N3O/c1-26-5-7-27(8-6-26)20(28)15-4-2-3-14(9-15)18-11-17(21(22,23)24)10-16-12-25-13-19(16)18/h2-4,9-11,13H,5-8,12H2,1H3. The van der Waals surface area contributed by atoms with Gasteiger partial charge in [0, 0.05) is 43.5 Å². The Morgan fingerprint density at radius 3 is 2.54 bits per heavy atom. The van der Waals surface area contributed by atoms with E-state index in [1.807, 2.05) is 7.05 Å². The van der Waals surface area contributed by atoms with Crippen LogP contribution in [0, 0.1) is 0 Å². The number of halogens is 3. The molecule has 2 aliphatic heterocycles. The van der Waals surface area contributed by atoms with Gasteiger partial charge in [0.25, 0.3) is 5.91 Å². The molecular weight excluding hydrogens is 367 g/mol. The molecule has 0 unspecified atom stereocenters. The molecule has 0 radical (unpaired) electrons. The van der Waals surface area contributed by atoms with Crippen molar-refractivity contribution in [2.24, 2.45) is 4.99 Å². The number of hydrogen-bond donors (Lipinski definition) is 0. The molecule has 1 saturated heterocycles. The Kier molecular flexibility index (Phi) is 4.71. The third kappa shape index (κ3) is 3.54. The average Bonchev–Trinajstić information content (AvgIpc) is 3.15. The van der Waals surface area contributed by atoms with Crippen molar-refractivity contribution in [2.45, 2.75) is 12.7 Å². The van der Waals surface area contributed by atoms with E-state index >= 15 is 0 Å². The first-order chi connectivity index (χ1) is 13.3. The SMILES string of the molecule is CN1CCN(C(=O)c2cccc(-c3cc(C(F)(F)F)cc4c3C=NC4)c2)CC1. The number of alkyl halides is 3. The van der Waals surface area contributed by atoms with Crippen LogP contribution in [-0.2, 0) is 12.7 Å². The van der Waals surface area contributed by atoms with Crippen molar-refractivity contribution < 1.29 is 18.0 Å². The highest BCUT2D eigenvalue weighted by atomic mass is 19.4. The minimum atomic E-state index is -4.43. The van der Waals surface area contributed by atoms with Crippen molar-refractivity contribution in [1.82, 2.24) is 9.80 Å². The van der Waals surface area contributed by atoms with Crippen LogP contribution in [0.1, 0.15) is 27.0 Å². The number of carbonyl (C=O) groups is 1. The lowest BCUT2D eigenvalue weighted by atomic mass is 9.93. The normalized spacial score (nSPS) is 17.1. The molecule has 0 aliphatic carbocycles. The molecule has 2 aromatic rings. The molecule has 0 saturated carbocycles. The first kappa shape index (κ1) is 18.7. The fraction of sp³-hybridized carbons (Fsp3) is 0.333. The molecule has 146 valence electrons. The zero-order chi connectivity index (χ0) is 19.9. The summed E-state index contributed by atoms with van der Waals surface area (Å²) in [6.45, 7) is 3.15. The van der Waals surface area contributed by atoms with Crippen molar-refractivity contribution in [3.63, 3.8) is 0 Å². The molecule has 1 amide bonds. The predicted molar refractivity (Wildman–Crippen MR) is 102 cm³/mol. The van der Waals surface area contributed by atoms with Crippen LogP contribution in [-0.4, -0.2) is 55.1 Å². The zero-order valence-electron chi connectivity index (χ0n) is 15.5. The number of amides is 1. The Hall–Kier alpha value is -2.67. The fourth-order valence-electron chi connectivity index (χ4n) is 3.65. The second kappa shape index (κ2) is 7.05. The van der Waals surface area contributed by atoms with Gasteiger partial charge in [0.05, 0.1) is 12.1 Å². The van der Waals surface area contributed by atoms with Crippen molar-refractivity contribution in [3.05, 3.63) is 58.7 Å². The Morgan fingerprint density at radius 2 is 1.82 bits per heavy atom. The van der Waals surface area contributed by atoms with Crippen LogP contribution in [0.2, 0.25) is 0 Å². The number of benzene rings is 2. The molecule has 0 atom stereocenters. The molecule has 4 rings (SSSR count). The van der Waals surface area contributed by atoms with E-state index in [1.165, 1.54) is 0 Å². The van der Waals surface area contributed by atoms with E-state index in [0.717, 1.165) is 25.2 Å². The Bertz CT molecular complexity index is 944. The quantitative estimate of drug-likeness (QED) is 0.788. The molecule has 0 N–H and O–H groups in total. The lowest BCUT2D eigenvalue weighted by Crippen LogP contribution is -2.47. The van der Waals surface area contributed by atoms with Gasteiger partial charge in [0.1, 0.15) is 0 Å². The minimum absolute atomic E-state index is 0.0905. The monoisotopic (exact) mass is 387 g/mol. The van der Waals surface area contributed by atoms with E-state index in [-0.39, 0.29) is 12.5 Å². The number of piperazine rings is 1. The van der Waals surface area contributed by atoms with Gasteiger partial charge in [-0.2, -0.15) is 13.2 Å². The summed E-state index contributed by atoms with van der Waals surface area (Å²) in [7, 11) is 2.01. The van der Waals surface area contributed by atoms with Gasteiger partial charge in [-0.25, -0.2) is 0 Å². The van der Waals surface area contributed by atoms with E-state index in [1.54, 1.807) is 35.4 Å². The van der Waals surface area contributed by atoms with Gasteiger partial charge in [-0.05, 0) is 48.0 Å². The van der Waals surface area contributed by atoms with Crippen LogP contribution in [0.15, 0.2) is 41.4 Å². The summed E-state index contributed by atoms with van der Waals surface area (Å²) in [5.41, 5.74) is 2.10. The van der Waals surface area contributed by atoms with E-state index in [4.69, 9.17) is 0 Å². The third-order valence-corrected chi connectivity index (χ3v) is 5.29. The molecule has 0 bridgehead atoms. The van der Waals surface area contributed by atoms with E-state index in [2.05, 4.69) is 9.89 Å². The van der Waals surface area contributed by atoms with Gasteiger partial charge in [0.15, 0.2) is 0 Å². The number of likely N-dealkylation sites (N-methyl/N-ethyl adjacent to an activating group) is 1. The van der Waals surface area contributed by atoms with E-state index in [0.29, 0.717) is 40.9 Å². The molecule has 2 aliphatic rings. The molecule has 2 aromatic carbocycles. The zero-order valence-corrected chi connectivity index (χ0v) is 15.5. The summed E-state index contributed by atoms with van der Waals surface area (Å²) < 4.78 is 40.0. The first-order valence-corrected chi connectivity index (χ1v) is 9.15. The molecule has 4 nitrogen and oxygen atoms in total. The number of rotatable bonds is 2. The van der Waals surface area contributed by atoms with Crippen LogP contribution in [0.25, 0.3) is 11.1 Å². The van der Waals surface area contributed by atoms with Crippen molar-refractivity contribution >= 4 is 12.1 Å². The molecule has 1 fully saturated rings. The number of aliphatic imine (C=N–C) groups is 1. The van der Waals surface area contributed by atoms with Crippen LogP contribution in [0.4, 0.5) is 13.2 Å². The fourth-order valence-corrected chi connectivity index (χ4v) is 3.65. The van der Waals surface area contributed by atoms with Crippen molar-refractivity contribution in [1.29, 1.82) is 0 Å². The van der Waals surface area contributed by atoms with Gasteiger partial charge in [-0.1, -0.05) is 12.1 Å². The number of carbonyl (C=O) groups excluding carboxylic acids is 1. The summed E-state index contributed by atoms with van der Waals surface area (Å²) in [4.78, 5) is 20.9. The summed E-state index contributed by atoms with van der Waals surface area (Å²) in [6, 6.07) is 9.16. The van der Waals surface area contributed by atoms with Gasteiger partial charge in [-0.3, -0.25) is 9.79 Å². The highest BCUT2D eigenvalue weighted by Crippen LogP contribution is 2.37. The molecule has 28 heavy (non-hydrogen) atoms. The van der Waals surface area contributed by atoms with E-state index < -0.39 is 11.7 Å². The third-order valence-electron chi connectivity index (χ3n) is 5.29. The Morgan fingerprint density at radius 1 is 1.07 bits per heavy atom. The smallest absolute Gasteiger partial charge is 0.336 e. The summed E-state index contributed by atoms with van der Waals surface area (Å²) in [5, 5.41) is 0. The van der Waals surface area contributed by atoms with Gasteiger partial charge in [0.2, 0.25) is 0 Å². The van der Waals surface area contributed by atoms with Gasteiger partial charge < -0.3 is 9.80 Å². The maximum absolute atomic E-state index is 13.3. The number of fused-ring (bicyclic) bond motifs is 1. The Balaban J connectivity index is 1.71. The Labute approximate surface area is 161 Å². The minimum Gasteiger partial charge on any atom is -0.336 e. The average molecular weight is 387 g/mol.